The van der Waals surface area contributed by atoms with E-state index in [1.165, 1.54) is 231 Å². The maximum Gasteiger partial charge on any atom is 0.0865 e. The summed E-state index contributed by atoms with van der Waals surface area (Å²) in [5.41, 5.74) is -0.259. The number of nitrogens with zero attached hydrogens (tertiary/aromatic N) is 6. The Morgan fingerprint density at radius 1 is 0.436 bits per heavy atom. The van der Waals surface area contributed by atoms with Crippen molar-refractivity contribution < 1.29 is 15.3 Å². The van der Waals surface area contributed by atoms with E-state index in [4.69, 9.17) is 0 Å². The molecule has 450 valence electrons. The molecule has 3 saturated heterocycles. The van der Waals surface area contributed by atoms with E-state index in [2.05, 4.69) is 87.5 Å². The van der Waals surface area contributed by atoms with Crippen LogP contribution in [0.2, 0.25) is 0 Å². The molecule has 9 heteroatoms. The zero-order valence-electron chi connectivity index (χ0n) is 51.6. The monoisotopic (exact) mass is 1090 g/mol. The highest BCUT2D eigenvalue weighted by molar-refractivity contribution is 5.23. The topological polar surface area (TPSA) is 80.1 Å². The summed E-state index contributed by atoms with van der Waals surface area (Å²) in [6.07, 6.45) is 47.6. The first-order valence-electron chi connectivity index (χ1n) is 34.1. The highest BCUT2D eigenvalue weighted by atomic mass is 16.3. The minimum Gasteiger partial charge on any atom is -0.389 e. The van der Waals surface area contributed by atoms with Crippen LogP contribution in [0.1, 0.15) is 243 Å². The molecule has 4 aliphatic carbocycles. The lowest BCUT2D eigenvalue weighted by atomic mass is 9.70. The maximum atomic E-state index is 12.1. The zero-order chi connectivity index (χ0) is 55.2. The molecular weight excluding hydrogens is 961 g/mol. The van der Waals surface area contributed by atoms with Crippen LogP contribution in [0.3, 0.4) is 0 Å². The van der Waals surface area contributed by atoms with Gasteiger partial charge in [0.25, 0.3) is 0 Å². The first-order chi connectivity index (χ1) is 38.0. The Morgan fingerprint density at radius 3 is 1.24 bits per heavy atom. The highest BCUT2D eigenvalue weighted by Crippen LogP contribution is 2.45. The standard InChI is InChI=1S/C26H44N2O.C23H44N2O.C20H38N2O/c1-27-20-22-28(23-21-27)19-16-25(24-14-10-9-11-15-24)26(29)17-12-7-5-3-2-4-6-8-13-18-26;1-24-16-18-25(19-17-24)20-22-14-8-6-4-2-3-5-7-11-15-23(22,26)21-12-9-10-13-21;1-3-20(23)13-11-9-7-5-4-6-8-10-12-19(20)18-22-16-14-21(2)15-17-22/h9-11,14-15,25,29H,2-8,12-13,16-23H2,1H3;21-22,26H,2-20H2,1H3;3,19,23H,1,4-18H2,2H3. The molecule has 1 aromatic carbocycles. The molecule has 3 N–H and O–H groups in total. The molecule has 0 bridgehead atoms. The SMILES string of the molecule is C=CC1(O)CCCCCCCCCCC1CN1CCN(C)CC1.CN1CCN(CC2CCCCCCCCCCC2(O)C2CCCC2)CC1.CN1CCN(CCC(c2ccccc2)C2(O)CCCCCCCCCCC2)CC1. The van der Waals surface area contributed by atoms with Crippen molar-refractivity contribution in [3.63, 3.8) is 0 Å². The van der Waals surface area contributed by atoms with Crippen molar-refractivity contribution in [1.82, 2.24) is 29.4 Å². The van der Waals surface area contributed by atoms with Crippen molar-refractivity contribution in [1.29, 1.82) is 0 Å². The number of hydrogen-bond donors (Lipinski definition) is 3. The number of rotatable bonds is 11. The minimum atomic E-state index is -0.664. The van der Waals surface area contributed by atoms with E-state index in [1.54, 1.807) is 0 Å². The van der Waals surface area contributed by atoms with Crippen LogP contribution < -0.4 is 0 Å². The maximum absolute atomic E-state index is 12.1. The lowest BCUT2D eigenvalue weighted by molar-refractivity contribution is -0.0907. The normalized spacial score (nSPS) is 30.6. The molecule has 5 unspecified atom stereocenters. The van der Waals surface area contributed by atoms with E-state index < -0.39 is 11.2 Å². The lowest BCUT2D eigenvalue weighted by Gasteiger charge is -2.45. The molecule has 8 rings (SSSR count). The van der Waals surface area contributed by atoms with E-state index in [9.17, 15) is 15.3 Å². The molecular formula is C69H126N6O3. The molecule has 7 aliphatic rings. The third kappa shape index (κ3) is 23.3. The van der Waals surface area contributed by atoms with Crippen LogP contribution in [0.25, 0.3) is 0 Å². The second-order valence-corrected chi connectivity index (χ2v) is 27.2. The number of aliphatic hydroxyl groups is 3. The fourth-order valence-corrected chi connectivity index (χ4v) is 15.4. The molecule has 1 aromatic rings. The van der Waals surface area contributed by atoms with Gasteiger partial charge in [0.05, 0.1) is 16.8 Å². The predicted octanol–water partition coefficient (Wildman–Crippen LogP) is 13.8. The van der Waals surface area contributed by atoms with Crippen molar-refractivity contribution in [3.8, 4) is 0 Å². The van der Waals surface area contributed by atoms with Gasteiger partial charge in [-0.3, -0.25) is 0 Å². The van der Waals surface area contributed by atoms with E-state index in [-0.39, 0.29) is 11.5 Å². The average molecular weight is 1090 g/mol. The Hall–Kier alpha value is -1.40. The molecule has 0 aromatic heterocycles. The van der Waals surface area contributed by atoms with Crippen molar-refractivity contribution >= 4 is 0 Å². The van der Waals surface area contributed by atoms with Crippen molar-refractivity contribution in [2.45, 2.75) is 254 Å². The summed E-state index contributed by atoms with van der Waals surface area (Å²) < 4.78 is 0. The van der Waals surface area contributed by atoms with Gasteiger partial charge >= 0.3 is 0 Å². The van der Waals surface area contributed by atoms with Crippen molar-refractivity contribution in [3.05, 3.63) is 48.6 Å². The van der Waals surface area contributed by atoms with Crippen LogP contribution >= 0.6 is 0 Å². The summed E-state index contributed by atoms with van der Waals surface area (Å²) in [6.45, 7) is 21.3. The summed E-state index contributed by atoms with van der Waals surface area (Å²) in [7, 11) is 6.66. The summed E-state index contributed by atoms with van der Waals surface area (Å²) in [4.78, 5) is 15.1. The van der Waals surface area contributed by atoms with Crippen molar-refractivity contribution in [2.24, 2.45) is 17.8 Å². The van der Waals surface area contributed by atoms with Crippen LogP contribution in [0.5, 0.6) is 0 Å². The first kappa shape index (κ1) is 65.7. The number of likely N-dealkylation sites (N-methyl/N-ethyl adjacent to an activating group) is 3. The van der Waals surface area contributed by atoms with Gasteiger partial charge in [0.1, 0.15) is 0 Å². The fourth-order valence-electron chi connectivity index (χ4n) is 15.4. The molecule has 5 atom stereocenters. The lowest BCUT2D eigenvalue weighted by Crippen LogP contribution is -2.52. The van der Waals surface area contributed by atoms with Gasteiger partial charge in [-0.1, -0.05) is 210 Å². The Morgan fingerprint density at radius 2 is 0.795 bits per heavy atom. The Kier molecular flexibility index (Phi) is 31.2. The van der Waals surface area contributed by atoms with Crippen LogP contribution in [0, 0.1) is 17.8 Å². The zero-order valence-corrected chi connectivity index (χ0v) is 51.6. The first-order valence-corrected chi connectivity index (χ1v) is 34.1. The van der Waals surface area contributed by atoms with Gasteiger partial charge in [-0.25, -0.2) is 0 Å². The summed E-state index contributed by atoms with van der Waals surface area (Å²) in [6, 6.07) is 10.9. The van der Waals surface area contributed by atoms with Crippen LogP contribution in [0.4, 0.5) is 0 Å². The smallest absolute Gasteiger partial charge is 0.0865 e. The second kappa shape index (κ2) is 37.0. The van der Waals surface area contributed by atoms with Gasteiger partial charge in [0.2, 0.25) is 0 Å². The van der Waals surface area contributed by atoms with E-state index in [1.807, 2.05) is 6.08 Å². The van der Waals surface area contributed by atoms with Crippen molar-refractivity contribution in [2.75, 3.05) is 119 Å². The number of benzene rings is 1. The molecule has 9 nitrogen and oxygen atoms in total. The molecule has 0 radical (unpaired) electrons. The summed E-state index contributed by atoms with van der Waals surface area (Å²) >= 11 is 0. The molecule has 0 spiro atoms. The van der Waals surface area contributed by atoms with E-state index in [0.717, 1.165) is 104 Å². The molecule has 3 aliphatic heterocycles. The largest absolute Gasteiger partial charge is 0.389 e. The second-order valence-electron chi connectivity index (χ2n) is 27.2. The van der Waals surface area contributed by atoms with Crippen LogP contribution in [0.15, 0.2) is 43.0 Å². The highest BCUT2D eigenvalue weighted by Gasteiger charge is 2.45. The Labute approximate surface area is 482 Å². The quantitative estimate of drug-likeness (QED) is 0.188. The minimum absolute atomic E-state index is 0.256. The van der Waals surface area contributed by atoms with Gasteiger partial charge in [-0.2, -0.15) is 0 Å². The number of hydrogen-bond acceptors (Lipinski definition) is 9. The Balaban J connectivity index is 0.000000191. The van der Waals surface area contributed by atoms with Gasteiger partial charge < -0.3 is 44.7 Å². The third-order valence-corrected chi connectivity index (χ3v) is 21.1. The average Bonchev–Trinajstić information content (AvgIpc) is 4.03. The molecule has 4 saturated carbocycles. The Bertz CT molecular complexity index is 1640. The number of piperazine rings is 3. The van der Waals surface area contributed by atoms with E-state index >= 15 is 0 Å². The van der Waals surface area contributed by atoms with E-state index in [0.29, 0.717) is 17.8 Å². The van der Waals surface area contributed by atoms with Crippen LogP contribution in [-0.2, 0) is 0 Å². The predicted molar refractivity (Wildman–Crippen MR) is 333 cm³/mol. The fraction of sp³-hybridized carbons (Fsp3) is 0.884. The third-order valence-electron chi connectivity index (χ3n) is 21.1. The summed E-state index contributed by atoms with van der Waals surface area (Å²) in [5, 5.41) is 35.3. The van der Waals surface area contributed by atoms with Gasteiger partial charge in [0, 0.05) is 109 Å². The van der Waals surface area contributed by atoms with Crippen LogP contribution in [-0.4, -0.2) is 181 Å². The van der Waals surface area contributed by atoms with Gasteiger partial charge in [-0.15, -0.1) is 6.58 Å². The van der Waals surface area contributed by atoms with Gasteiger partial charge in [0.15, 0.2) is 0 Å². The molecule has 7 fully saturated rings. The molecule has 3 heterocycles. The molecule has 78 heavy (non-hydrogen) atoms. The summed E-state index contributed by atoms with van der Waals surface area (Å²) in [5.74, 6) is 1.67. The molecule has 0 amide bonds. The van der Waals surface area contributed by atoms with Gasteiger partial charge in [-0.05, 0) is 97.0 Å².